The molecule has 0 aliphatic carbocycles. The molecule has 1 aromatic rings. The van der Waals surface area contributed by atoms with Gasteiger partial charge in [-0.25, -0.2) is 0 Å². The summed E-state index contributed by atoms with van der Waals surface area (Å²) in [7, 11) is 1.46. The van der Waals surface area contributed by atoms with Crippen molar-refractivity contribution in [1.82, 2.24) is 4.90 Å². The Morgan fingerprint density at radius 3 is 2.50 bits per heavy atom. The number of esters is 1. The Morgan fingerprint density at radius 2 is 1.89 bits per heavy atom. The highest BCUT2D eigenvalue weighted by Crippen LogP contribution is 2.27. The van der Waals surface area contributed by atoms with Crippen LogP contribution in [-0.2, 0) is 9.53 Å². The Hall–Kier alpha value is -1.35. The van der Waals surface area contributed by atoms with E-state index in [-0.39, 0.29) is 12.0 Å². The van der Waals surface area contributed by atoms with Crippen molar-refractivity contribution in [3.63, 3.8) is 0 Å². The van der Waals surface area contributed by atoms with Crippen molar-refractivity contribution in [3.8, 4) is 0 Å². The van der Waals surface area contributed by atoms with Crippen LogP contribution >= 0.6 is 0 Å². The summed E-state index contributed by atoms with van der Waals surface area (Å²) in [6.07, 6.45) is 4.20. The number of rotatable bonds is 4. The fourth-order valence-corrected chi connectivity index (χ4v) is 2.60. The normalized spacial score (nSPS) is 18.3. The monoisotopic (exact) mass is 247 g/mol. The molecule has 0 amide bonds. The van der Waals surface area contributed by atoms with Gasteiger partial charge in [0.25, 0.3) is 0 Å². The van der Waals surface area contributed by atoms with Gasteiger partial charge in [0.15, 0.2) is 0 Å². The molecule has 0 saturated carbocycles. The van der Waals surface area contributed by atoms with Gasteiger partial charge in [0.1, 0.15) is 0 Å². The van der Waals surface area contributed by atoms with Crippen molar-refractivity contribution in [2.75, 3.05) is 20.2 Å². The third kappa shape index (κ3) is 3.33. The van der Waals surface area contributed by atoms with Gasteiger partial charge in [-0.3, -0.25) is 9.69 Å². The van der Waals surface area contributed by atoms with Crippen molar-refractivity contribution in [3.05, 3.63) is 35.9 Å². The van der Waals surface area contributed by atoms with E-state index in [9.17, 15) is 4.79 Å². The first-order chi connectivity index (χ1) is 8.81. The zero-order valence-electron chi connectivity index (χ0n) is 11.0. The summed E-state index contributed by atoms with van der Waals surface area (Å²) in [4.78, 5) is 14.0. The van der Waals surface area contributed by atoms with Crippen LogP contribution in [-0.4, -0.2) is 31.1 Å². The molecule has 3 heteroatoms. The second-order valence-electron chi connectivity index (χ2n) is 4.80. The summed E-state index contributed by atoms with van der Waals surface area (Å²) in [5.74, 6) is -0.130. The van der Waals surface area contributed by atoms with Gasteiger partial charge in [-0.2, -0.15) is 0 Å². The number of likely N-dealkylation sites (tertiary alicyclic amines) is 1. The lowest BCUT2D eigenvalue weighted by molar-refractivity contribution is -0.142. The van der Waals surface area contributed by atoms with E-state index in [0.717, 1.165) is 13.1 Å². The highest BCUT2D eigenvalue weighted by atomic mass is 16.5. The largest absolute Gasteiger partial charge is 0.469 e. The number of hydrogen-bond donors (Lipinski definition) is 0. The van der Waals surface area contributed by atoms with E-state index < -0.39 is 0 Å². The van der Waals surface area contributed by atoms with E-state index in [0.29, 0.717) is 6.42 Å². The van der Waals surface area contributed by atoms with Gasteiger partial charge in [0.05, 0.1) is 13.5 Å². The van der Waals surface area contributed by atoms with Crippen molar-refractivity contribution in [2.24, 2.45) is 0 Å². The maximum absolute atomic E-state index is 11.6. The van der Waals surface area contributed by atoms with Gasteiger partial charge in [0, 0.05) is 6.04 Å². The maximum Gasteiger partial charge on any atom is 0.307 e. The molecular weight excluding hydrogens is 226 g/mol. The molecule has 3 nitrogen and oxygen atoms in total. The number of nitrogens with zero attached hydrogens (tertiary/aromatic N) is 1. The second-order valence-corrected chi connectivity index (χ2v) is 4.80. The molecule has 2 rings (SSSR count). The van der Waals surface area contributed by atoms with Crippen LogP contribution in [0.25, 0.3) is 0 Å². The molecule has 1 aromatic carbocycles. The number of carbonyl (C=O) groups excluding carboxylic acids is 1. The summed E-state index contributed by atoms with van der Waals surface area (Å²) in [6, 6.07) is 10.4. The van der Waals surface area contributed by atoms with Crippen molar-refractivity contribution in [1.29, 1.82) is 0 Å². The van der Waals surface area contributed by atoms with E-state index >= 15 is 0 Å². The predicted molar refractivity (Wildman–Crippen MR) is 71.2 cm³/mol. The van der Waals surface area contributed by atoms with Crippen LogP contribution in [0.3, 0.4) is 0 Å². The Bertz CT molecular complexity index is 371. The number of ether oxygens (including phenoxy) is 1. The molecule has 1 fully saturated rings. The smallest absolute Gasteiger partial charge is 0.307 e. The van der Waals surface area contributed by atoms with Gasteiger partial charge in [-0.15, -0.1) is 0 Å². The molecule has 1 heterocycles. The van der Waals surface area contributed by atoms with Crippen LogP contribution in [0.5, 0.6) is 0 Å². The molecule has 0 spiro atoms. The lowest BCUT2D eigenvalue weighted by atomic mass is 9.99. The van der Waals surface area contributed by atoms with Crippen LogP contribution in [0.15, 0.2) is 30.3 Å². The van der Waals surface area contributed by atoms with Crippen LogP contribution in [0.4, 0.5) is 0 Å². The first-order valence-corrected chi connectivity index (χ1v) is 6.67. The Morgan fingerprint density at radius 1 is 1.22 bits per heavy atom. The first-order valence-electron chi connectivity index (χ1n) is 6.67. The lowest BCUT2D eigenvalue weighted by Gasteiger charge is -2.34. The summed E-state index contributed by atoms with van der Waals surface area (Å²) in [6.45, 7) is 2.16. The molecule has 98 valence electrons. The predicted octanol–water partition coefficient (Wildman–Crippen LogP) is 2.78. The van der Waals surface area contributed by atoms with Gasteiger partial charge < -0.3 is 4.74 Å². The van der Waals surface area contributed by atoms with E-state index in [2.05, 4.69) is 17.0 Å². The van der Waals surface area contributed by atoms with Crippen LogP contribution in [0.2, 0.25) is 0 Å². The minimum Gasteiger partial charge on any atom is -0.469 e. The second kappa shape index (κ2) is 6.55. The van der Waals surface area contributed by atoms with Gasteiger partial charge in [-0.1, -0.05) is 36.8 Å². The zero-order valence-corrected chi connectivity index (χ0v) is 11.0. The SMILES string of the molecule is COC(=O)C[C@H](c1ccccc1)N1CCCCC1. The average molecular weight is 247 g/mol. The fourth-order valence-electron chi connectivity index (χ4n) is 2.60. The average Bonchev–Trinajstić information content (AvgIpc) is 2.46. The van der Waals surface area contributed by atoms with E-state index in [1.54, 1.807) is 0 Å². The number of methoxy groups -OCH3 is 1. The highest BCUT2D eigenvalue weighted by Gasteiger charge is 2.24. The lowest BCUT2D eigenvalue weighted by Crippen LogP contribution is -2.35. The molecule has 1 atom stereocenters. The standard InChI is InChI=1S/C15H21NO2/c1-18-15(17)12-14(13-8-4-2-5-9-13)16-10-6-3-7-11-16/h2,4-5,8-9,14H,3,6-7,10-12H2,1H3/t14-/m1/s1. The number of carbonyl (C=O) groups is 1. The number of hydrogen-bond acceptors (Lipinski definition) is 3. The molecule has 0 N–H and O–H groups in total. The minimum absolute atomic E-state index is 0.130. The van der Waals surface area contributed by atoms with E-state index in [4.69, 9.17) is 4.74 Å². The topological polar surface area (TPSA) is 29.5 Å². The van der Waals surface area contributed by atoms with Crippen LogP contribution < -0.4 is 0 Å². The molecule has 1 aliphatic rings. The minimum atomic E-state index is -0.130. The van der Waals surface area contributed by atoms with Crippen molar-refractivity contribution < 1.29 is 9.53 Å². The quantitative estimate of drug-likeness (QED) is 0.766. The fraction of sp³-hybridized carbons (Fsp3) is 0.533. The van der Waals surface area contributed by atoms with Gasteiger partial charge >= 0.3 is 5.97 Å². The summed E-state index contributed by atoms with van der Waals surface area (Å²) >= 11 is 0. The number of benzene rings is 1. The van der Waals surface area contributed by atoms with E-state index in [1.807, 2.05) is 18.2 Å². The summed E-state index contributed by atoms with van der Waals surface area (Å²) < 4.78 is 4.83. The first kappa shape index (κ1) is 13.1. The third-order valence-electron chi connectivity index (χ3n) is 3.60. The van der Waals surface area contributed by atoms with Crippen LogP contribution in [0, 0.1) is 0 Å². The Balaban J connectivity index is 2.14. The molecule has 0 bridgehead atoms. The zero-order chi connectivity index (χ0) is 12.8. The molecular formula is C15H21NO2. The Labute approximate surface area is 109 Å². The molecule has 1 saturated heterocycles. The van der Waals surface area contributed by atoms with E-state index in [1.165, 1.54) is 31.9 Å². The molecule has 0 unspecified atom stereocenters. The maximum atomic E-state index is 11.6. The Kier molecular flexibility index (Phi) is 4.76. The molecule has 18 heavy (non-hydrogen) atoms. The van der Waals surface area contributed by atoms with Gasteiger partial charge in [0.2, 0.25) is 0 Å². The van der Waals surface area contributed by atoms with Crippen LogP contribution in [0.1, 0.15) is 37.3 Å². The molecule has 0 radical (unpaired) electrons. The summed E-state index contributed by atoms with van der Waals surface area (Å²) in [5.41, 5.74) is 1.21. The van der Waals surface area contributed by atoms with Crippen molar-refractivity contribution in [2.45, 2.75) is 31.7 Å². The van der Waals surface area contributed by atoms with Gasteiger partial charge in [-0.05, 0) is 31.5 Å². The third-order valence-corrected chi connectivity index (χ3v) is 3.60. The molecule has 0 aromatic heterocycles. The van der Waals surface area contributed by atoms with Crippen molar-refractivity contribution >= 4 is 5.97 Å². The summed E-state index contributed by atoms with van der Waals surface area (Å²) in [5, 5.41) is 0. The molecule has 1 aliphatic heterocycles. The number of piperidine rings is 1. The highest BCUT2D eigenvalue weighted by molar-refractivity contribution is 5.70.